The Bertz CT molecular complexity index is 376. The fourth-order valence-electron chi connectivity index (χ4n) is 2.60. The number of nitrogens with two attached hydrogens (primary N) is 1. The standard InChI is InChI=1S/C14H23N3/c1-10-5-3-4-6-12(10)9-16-14-8-7-13(15)11(2)17-14/h7-8,10,12H,3-6,9,15H2,1-2H3,(H,16,17). The normalized spacial score (nSPS) is 24.6. The van der Waals surface area contributed by atoms with Crippen LogP contribution in [-0.4, -0.2) is 11.5 Å². The van der Waals surface area contributed by atoms with Crippen molar-refractivity contribution in [3.63, 3.8) is 0 Å². The Hall–Kier alpha value is -1.25. The van der Waals surface area contributed by atoms with Crippen molar-refractivity contribution in [3.05, 3.63) is 17.8 Å². The van der Waals surface area contributed by atoms with Gasteiger partial charge in [-0.05, 0) is 37.3 Å². The van der Waals surface area contributed by atoms with Crippen LogP contribution in [-0.2, 0) is 0 Å². The Labute approximate surface area is 104 Å². The Morgan fingerprint density at radius 2 is 2.12 bits per heavy atom. The zero-order valence-corrected chi connectivity index (χ0v) is 10.9. The van der Waals surface area contributed by atoms with Crippen molar-refractivity contribution in [1.82, 2.24) is 4.98 Å². The molecule has 0 bridgehead atoms. The zero-order chi connectivity index (χ0) is 12.3. The zero-order valence-electron chi connectivity index (χ0n) is 10.9. The molecule has 1 saturated carbocycles. The molecule has 1 aliphatic carbocycles. The molecule has 0 radical (unpaired) electrons. The topological polar surface area (TPSA) is 50.9 Å². The maximum absolute atomic E-state index is 5.76. The Kier molecular flexibility index (Phi) is 3.87. The maximum Gasteiger partial charge on any atom is 0.126 e. The van der Waals surface area contributed by atoms with Gasteiger partial charge in [0.1, 0.15) is 5.82 Å². The minimum absolute atomic E-state index is 0.765. The lowest BCUT2D eigenvalue weighted by Gasteiger charge is -2.29. The number of hydrogen-bond donors (Lipinski definition) is 2. The molecule has 3 heteroatoms. The van der Waals surface area contributed by atoms with Gasteiger partial charge in [-0.1, -0.05) is 26.2 Å². The first-order valence-corrected chi connectivity index (χ1v) is 6.64. The van der Waals surface area contributed by atoms with Crippen molar-refractivity contribution in [3.8, 4) is 0 Å². The number of nitrogens with one attached hydrogen (secondary N) is 1. The quantitative estimate of drug-likeness (QED) is 0.843. The minimum atomic E-state index is 0.765. The third-order valence-electron chi connectivity index (χ3n) is 3.96. The number of anilines is 2. The van der Waals surface area contributed by atoms with Crippen LogP contribution in [0.3, 0.4) is 0 Å². The van der Waals surface area contributed by atoms with Crippen LogP contribution in [0.25, 0.3) is 0 Å². The summed E-state index contributed by atoms with van der Waals surface area (Å²) < 4.78 is 0. The molecule has 2 atom stereocenters. The highest BCUT2D eigenvalue weighted by Crippen LogP contribution is 2.29. The van der Waals surface area contributed by atoms with Crippen LogP contribution >= 0.6 is 0 Å². The highest BCUT2D eigenvalue weighted by molar-refractivity contribution is 5.49. The molecule has 17 heavy (non-hydrogen) atoms. The molecule has 1 aromatic heterocycles. The smallest absolute Gasteiger partial charge is 0.126 e. The molecule has 1 heterocycles. The second kappa shape index (κ2) is 5.39. The van der Waals surface area contributed by atoms with E-state index in [1.165, 1.54) is 25.7 Å². The van der Waals surface area contributed by atoms with Crippen LogP contribution in [0, 0.1) is 18.8 Å². The van der Waals surface area contributed by atoms with Gasteiger partial charge < -0.3 is 11.1 Å². The van der Waals surface area contributed by atoms with Gasteiger partial charge in [-0.15, -0.1) is 0 Å². The summed E-state index contributed by atoms with van der Waals surface area (Å²) in [7, 11) is 0. The molecule has 0 amide bonds. The number of aromatic nitrogens is 1. The van der Waals surface area contributed by atoms with E-state index in [-0.39, 0.29) is 0 Å². The lowest BCUT2D eigenvalue weighted by atomic mass is 9.80. The Morgan fingerprint density at radius 1 is 1.35 bits per heavy atom. The summed E-state index contributed by atoms with van der Waals surface area (Å²) in [4.78, 5) is 4.45. The van der Waals surface area contributed by atoms with Gasteiger partial charge >= 0.3 is 0 Å². The fraction of sp³-hybridized carbons (Fsp3) is 0.643. The average molecular weight is 233 g/mol. The van der Waals surface area contributed by atoms with Gasteiger partial charge in [-0.2, -0.15) is 0 Å². The predicted octanol–water partition coefficient (Wildman–Crippen LogP) is 3.21. The molecule has 2 rings (SSSR count). The van der Waals surface area contributed by atoms with Gasteiger partial charge in [0, 0.05) is 6.54 Å². The third kappa shape index (κ3) is 3.11. The van der Waals surface area contributed by atoms with Crippen LogP contribution < -0.4 is 11.1 Å². The van der Waals surface area contributed by atoms with E-state index in [2.05, 4.69) is 17.2 Å². The van der Waals surface area contributed by atoms with Gasteiger partial charge in [0.15, 0.2) is 0 Å². The number of nitrogen functional groups attached to an aromatic ring is 1. The summed E-state index contributed by atoms with van der Waals surface area (Å²) in [6, 6.07) is 3.89. The van der Waals surface area contributed by atoms with Crippen LogP contribution in [0.1, 0.15) is 38.3 Å². The summed E-state index contributed by atoms with van der Waals surface area (Å²) in [5.74, 6) is 2.59. The van der Waals surface area contributed by atoms with Crippen molar-refractivity contribution in [2.24, 2.45) is 11.8 Å². The van der Waals surface area contributed by atoms with E-state index in [0.29, 0.717) is 0 Å². The van der Waals surface area contributed by atoms with Crippen molar-refractivity contribution >= 4 is 11.5 Å². The maximum atomic E-state index is 5.76. The van der Waals surface area contributed by atoms with Crippen LogP contribution in [0.2, 0.25) is 0 Å². The molecule has 0 aliphatic heterocycles. The molecule has 2 unspecified atom stereocenters. The SMILES string of the molecule is Cc1nc(NCC2CCCCC2C)ccc1N. The van der Waals surface area contributed by atoms with E-state index < -0.39 is 0 Å². The molecule has 1 fully saturated rings. The molecule has 0 aromatic carbocycles. The first kappa shape index (κ1) is 12.2. The van der Waals surface area contributed by atoms with E-state index in [1.54, 1.807) is 0 Å². The average Bonchev–Trinajstić information content (AvgIpc) is 2.32. The number of hydrogen-bond acceptors (Lipinski definition) is 3. The fourth-order valence-corrected chi connectivity index (χ4v) is 2.60. The monoisotopic (exact) mass is 233 g/mol. The highest BCUT2D eigenvalue weighted by Gasteiger charge is 2.20. The number of nitrogens with zero attached hydrogens (tertiary/aromatic N) is 1. The second-order valence-electron chi connectivity index (χ2n) is 5.27. The molecule has 3 nitrogen and oxygen atoms in total. The summed E-state index contributed by atoms with van der Waals surface area (Å²) in [6.07, 6.45) is 5.50. The Morgan fingerprint density at radius 3 is 2.82 bits per heavy atom. The van der Waals surface area contributed by atoms with Gasteiger partial charge in [0.05, 0.1) is 11.4 Å². The van der Waals surface area contributed by atoms with Gasteiger partial charge in [-0.3, -0.25) is 0 Å². The van der Waals surface area contributed by atoms with E-state index in [9.17, 15) is 0 Å². The molecular weight excluding hydrogens is 210 g/mol. The molecule has 1 aromatic rings. The van der Waals surface area contributed by atoms with Crippen LogP contribution in [0.5, 0.6) is 0 Å². The third-order valence-corrected chi connectivity index (χ3v) is 3.96. The van der Waals surface area contributed by atoms with E-state index in [4.69, 9.17) is 5.73 Å². The molecule has 94 valence electrons. The van der Waals surface area contributed by atoms with Crippen molar-refractivity contribution < 1.29 is 0 Å². The number of pyridine rings is 1. The molecular formula is C14H23N3. The first-order valence-electron chi connectivity index (χ1n) is 6.64. The van der Waals surface area contributed by atoms with Gasteiger partial charge in [0.25, 0.3) is 0 Å². The van der Waals surface area contributed by atoms with Crippen molar-refractivity contribution in [2.75, 3.05) is 17.6 Å². The summed E-state index contributed by atoms with van der Waals surface area (Å²) >= 11 is 0. The summed E-state index contributed by atoms with van der Waals surface area (Å²) in [5, 5.41) is 3.45. The Balaban J connectivity index is 1.90. The number of rotatable bonds is 3. The van der Waals surface area contributed by atoms with Crippen LogP contribution in [0.15, 0.2) is 12.1 Å². The van der Waals surface area contributed by atoms with E-state index >= 15 is 0 Å². The number of aryl methyl sites for hydroxylation is 1. The lowest BCUT2D eigenvalue weighted by molar-refractivity contribution is 0.268. The van der Waals surface area contributed by atoms with E-state index in [1.807, 2.05) is 19.1 Å². The minimum Gasteiger partial charge on any atom is -0.397 e. The van der Waals surface area contributed by atoms with Crippen LogP contribution in [0.4, 0.5) is 11.5 Å². The predicted molar refractivity (Wildman–Crippen MR) is 73.0 cm³/mol. The van der Waals surface area contributed by atoms with Gasteiger partial charge in [0.2, 0.25) is 0 Å². The van der Waals surface area contributed by atoms with E-state index in [0.717, 1.165) is 35.6 Å². The largest absolute Gasteiger partial charge is 0.397 e. The summed E-state index contributed by atoms with van der Waals surface area (Å²) in [5.41, 5.74) is 7.43. The molecule has 1 aliphatic rings. The molecule has 0 spiro atoms. The molecule has 0 saturated heterocycles. The lowest BCUT2D eigenvalue weighted by Crippen LogP contribution is -2.24. The van der Waals surface area contributed by atoms with Crippen molar-refractivity contribution in [2.45, 2.75) is 39.5 Å². The van der Waals surface area contributed by atoms with Gasteiger partial charge in [-0.25, -0.2) is 4.98 Å². The summed E-state index contributed by atoms with van der Waals surface area (Å²) in [6.45, 7) is 5.36. The highest BCUT2D eigenvalue weighted by atomic mass is 15.0. The molecule has 3 N–H and O–H groups in total. The second-order valence-corrected chi connectivity index (χ2v) is 5.27. The van der Waals surface area contributed by atoms with Crippen molar-refractivity contribution in [1.29, 1.82) is 0 Å². The first-order chi connectivity index (χ1) is 8.16.